The monoisotopic (exact) mass is 517 g/mol. The number of imidazole rings is 1. The molecule has 0 fully saturated rings. The summed E-state index contributed by atoms with van der Waals surface area (Å²) in [6.45, 7) is 4.18. The van der Waals surface area contributed by atoms with Crippen LogP contribution in [0.5, 0.6) is 5.75 Å². The van der Waals surface area contributed by atoms with Crippen molar-refractivity contribution in [3.05, 3.63) is 47.3 Å². The Morgan fingerprint density at radius 2 is 1.73 bits per heavy atom. The molecule has 0 atom stereocenters. The van der Waals surface area contributed by atoms with Crippen LogP contribution in [0.15, 0.2) is 30.5 Å². The molecule has 2 N–H and O–H groups in total. The number of para-hydroxylation sites is 2. The molecule has 0 radical (unpaired) electrons. The van der Waals surface area contributed by atoms with Gasteiger partial charge in [-0.2, -0.15) is 3.97 Å². The standard InChI is InChI=1S/C19H22N3O3S.F6P/c1-12-7-21-17(13(2)18(12)25-10-14(8-23)9-24)11-26-22-16-6-4-3-5-15(16)20-19(21)22;1-7(2,3,4,5)6/h3-7,14,23-24H,8-11H2,1-2H3;/q+1;-1. The normalized spacial score (nSPS) is 15.2. The van der Waals surface area contributed by atoms with Gasteiger partial charge in [0.25, 0.3) is 0 Å². The zero-order valence-electron chi connectivity index (χ0n) is 17.6. The molecule has 1 aliphatic heterocycles. The zero-order valence-corrected chi connectivity index (χ0v) is 19.3. The number of rotatable bonds is 5. The molecular formula is C19H22F6N3O3PS. The summed E-state index contributed by atoms with van der Waals surface area (Å²) < 4.78 is 69.5. The molecule has 1 aromatic carbocycles. The van der Waals surface area contributed by atoms with E-state index in [0.29, 0.717) is 6.61 Å². The molecule has 0 unspecified atom stereocenters. The predicted octanol–water partition coefficient (Wildman–Crippen LogP) is 5.30. The van der Waals surface area contributed by atoms with Crippen molar-refractivity contribution in [3.8, 4) is 11.7 Å². The zero-order chi connectivity index (χ0) is 24.7. The second-order valence-corrected chi connectivity index (χ2v) is 10.4. The van der Waals surface area contributed by atoms with Gasteiger partial charge in [-0.05, 0) is 26.0 Å². The van der Waals surface area contributed by atoms with Gasteiger partial charge in [-0.3, -0.25) is 0 Å². The maximum atomic E-state index is 9.87. The van der Waals surface area contributed by atoms with Gasteiger partial charge in [0.05, 0.1) is 31.8 Å². The summed E-state index contributed by atoms with van der Waals surface area (Å²) in [6.07, 6.45) is 2.06. The summed E-state index contributed by atoms with van der Waals surface area (Å²) in [5.74, 6) is 2.28. The summed E-state index contributed by atoms with van der Waals surface area (Å²) >= 11 is 1.73. The van der Waals surface area contributed by atoms with Gasteiger partial charge < -0.3 is 14.9 Å². The molecular weight excluding hydrogens is 495 g/mol. The Hall–Kier alpha value is -2.08. The Morgan fingerprint density at radius 1 is 1.12 bits per heavy atom. The van der Waals surface area contributed by atoms with Gasteiger partial charge in [0.1, 0.15) is 11.4 Å². The number of aliphatic hydroxyl groups is 2. The molecule has 0 saturated heterocycles. The van der Waals surface area contributed by atoms with E-state index < -0.39 is 7.81 Å². The Kier molecular flexibility index (Phi) is 6.42. The average Bonchev–Trinajstić information content (AvgIpc) is 3.07. The number of pyridine rings is 1. The molecule has 1 aliphatic rings. The van der Waals surface area contributed by atoms with Crippen molar-refractivity contribution in [2.45, 2.75) is 19.6 Å². The molecule has 4 rings (SSSR count). The quantitative estimate of drug-likeness (QED) is 0.273. The van der Waals surface area contributed by atoms with E-state index in [0.717, 1.165) is 45.3 Å². The van der Waals surface area contributed by atoms with Crippen LogP contribution in [-0.2, 0) is 5.75 Å². The average molecular weight is 517 g/mol. The topological polar surface area (TPSA) is 71.4 Å². The van der Waals surface area contributed by atoms with Gasteiger partial charge in [0.15, 0.2) is 11.0 Å². The number of nitrogens with zero attached hydrogens (tertiary/aromatic N) is 3. The Bertz CT molecular complexity index is 1170. The van der Waals surface area contributed by atoms with Crippen molar-refractivity contribution < 1.29 is 44.7 Å². The van der Waals surface area contributed by atoms with Gasteiger partial charge in [0.2, 0.25) is 0 Å². The van der Waals surface area contributed by atoms with E-state index in [1.165, 1.54) is 0 Å². The number of aliphatic hydroxyl groups excluding tert-OH is 2. The molecule has 0 spiro atoms. The maximum absolute atomic E-state index is 10.7. The third-order valence-corrected chi connectivity index (χ3v) is 5.79. The van der Waals surface area contributed by atoms with Crippen molar-refractivity contribution in [1.29, 1.82) is 0 Å². The fraction of sp³-hybridized carbons (Fsp3) is 0.368. The molecule has 0 bridgehead atoms. The first kappa shape index (κ1) is 25.5. The number of aromatic nitrogens is 3. The van der Waals surface area contributed by atoms with E-state index in [1.54, 1.807) is 11.9 Å². The number of benzene rings is 1. The second kappa shape index (κ2) is 8.30. The first-order valence-corrected chi connectivity index (χ1v) is 12.6. The molecule has 6 nitrogen and oxygen atoms in total. The number of fused-ring (bicyclic) bond motifs is 5. The fourth-order valence-corrected chi connectivity index (χ4v) is 4.42. The predicted molar refractivity (Wildman–Crippen MR) is 114 cm³/mol. The van der Waals surface area contributed by atoms with Crippen LogP contribution in [0, 0.1) is 19.8 Å². The summed E-state index contributed by atoms with van der Waals surface area (Å²) in [6, 6.07) is 8.15. The van der Waals surface area contributed by atoms with Crippen molar-refractivity contribution in [2.24, 2.45) is 5.92 Å². The van der Waals surface area contributed by atoms with E-state index in [9.17, 15) is 35.4 Å². The minimum absolute atomic E-state index is 0.0891. The van der Waals surface area contributed by atoms with Gasteiger partial charge in [-0.1, -0.05) is 17.1 Å². The van der Waals surface area contributed by atoms with E-state index in [2.05, 4.69) is 27.7 Å². The molecule has 0 aliphatic carbocycles. The van der Waals surface area contributed by atoms with E-state index in [-0.39, 0.29) is 19.1 Å². The van der Waals surface area contributed by atoms with Crippen molar-refractivity contribution in [1.82, 2.24) is 8.96 Å². The summed E-state index contributed by atoms with van der Waals surface area (Å²) in [5.41, 5.74) is 5.34. The van der Waals surface area contributed by atoms with Crippen LogP contribution in [0.1, 0.15) is 16.8 Å². The molecule has 2 aromatic heterocycles. The number of ether oxygens (including phenoxy) is 1. The van der Waals surface area contributed by atoms with Crippen LogP contribution in [0.4, 0.5) is 25.2 Å². The van der Waals surface area contributed by atoms with Gasteiger partial charge in [-0.15, -0.1) is 0 Å². The Morgan fingerprint density at radius 3 is 2.33 bits per heavy atom. The van der Waals surface area contributed by atoms with Crippen LogP contribution in [0.2, 0.25) is 0 Å². The van der Waals surface area contributed by atoms with Crippen LogP contribution >= 0.6 is 19.8 Å². The van der Waals surface area contributed by atoms with Crippen molar-refractivity contribution in [2.75, 3.05) is 19.8 Å². The van der Waals surface area contributed by atoms with Gasteiger partial charge in [-0.25, -0.2) is 4.57 Å². The first-order valence-electron chi connectivity index (χ1n) is 9.65. The Labute approximate surface area is 189 Å². The Balaban J connectivity index is 0.000000383. The molecule has 184 valence electrons. The number of aryl methyl sites for hydroxylation is 1. The van der Waals surface area contributed by atoms with Gasteiger partial charge in [0, 0.05) is 29.0 Å². The van der Waals surface area contributed by atoms with E-state index in [1.807, 2.05) is 25.1 Å². The van der Waals surface area contributed by atoms with Crippen LogP contribution < -0.4 is 9.30 Å². The number of hydrogen-bond acceptors (Lipinski definition) is 5. The fourth-order valence-electron chi connectivity index (χ4n) is 3.28. The number of hydrogen-bond donors (Lipinski definition) is 2. The van der Waals surface area contributed by atoms with E-state index >= 15 is 0 Å². The second-order valence-electron chi connectivity index (χ2n) is 7.55. The third-order valence-electron chi connectivity index (χ3n) is 4.77. The van der Waals surface area contributed by atoms with Crippen molar-refractivity contribution >= 4 is 30.8 Å². The molecule has 14 heteroatoms. The first-order chi connectivity index (χ1) is 15.1. The third kappa shape index (κ3) is 6.72. The molecule has 3 heterocycles. The molecule has 0 saturated carbocycles. The van der Waals surface area contributed by atoms with Crippen LogP contribution in [0.25, 0.3) is 17.0 Å². The van der Waals surface area contributed by atoms with Crippen LogP contribution in [0.3, 0.4) is 0 Å². The van der Waals surface area contributed by atoms with Crippen molar-refractivity contribution in [3.63, 3.8) is 0 Å². The SMILES string of the molecule is Cc1c[n+]2c(c(C)c1OCC(CO)CO)CSn1c-2nc2ccccc21.F[P-](F)(F)(F)(F)F. The van der Waals surface area contributed by atoms with Crippen LogP contribution in [-0.4, -0.2) is 39.0 Å². The summed E-state index contributed by atoms with van der Waals surface area (Å²) in [5, 5.41) is 18.5. The minimum atomic E-state index is -10.7. The number of halogens is 6. The molecule has 33 heavy (non-hydrogen) atoms. The van der Waals surface area contributed by atoms with E-state index in [4.69, 9.17) is 9.72 Å². The summed E-state index contributed by atoms with van der Waals surface area (Å²) in [4.78, 5) is 4.81. The molecule has 0 amide bonds. The summed E-state index contributed by atoms with van der Waals surface area (Å²) in [7, 11) is -10.7. The molecule has 3 aromatic rings. The van der Waals surface area contributed by atoms with Gasteiger partial charge >= 0.3 is 38.9 Å².